The predicted octanol–water partition coefficient (Wildman–Crippen LogP) is 3.44. The van der Waals surface area contributed by atoms with Crippen LogP contribution in [0.25, 0.3) is 11.1 Å². The Labute approximate surface area is 179 Å². The van der Waals surface area contributed by atoms with Crippen molar-refractivity contribution in [2.45, 2.75) is 25.9 Å². The molecule has 0 aliphatic heterocycles. The van der Waals surface area contributed by atoms with Gasteiger partial charge in [-0.3, -0.25) is 4.79 Å². The van der Waals surface area contributed by atoms with Gasteiger partial charge in [-0.25, -0.2) is 0 Å². The summed E-state index contributed by atoms with van der Waals surface area (Å²) in [5.74, 6) is 1.29. The fourth-order valence-electron chi connectivity index (χ4n) is 3.98. The Morgan fingerprint density at radius 3 is 2.58 bits per heavy atom. The molecule has 1 aliphatic carbocycles. The number of aryl methyl sites for hydroxylation is 2. The van der Waals surface area contributed by atoms with Crippen LogP contribution in [0.3, 0.4) is 0 Å². The van der Waals surface area contributed by atoms with Crippen LogP contribution in [0, 0.1) is 22.7 Å². The molecule has 1 aliphatic rings. The Hall–Kier alpha value is -4.23. The summed E-state index contributed by atoms with van der Waals surface area (Å²) in [4.78, 5) is 14.6. The van der Waals surface area contributed by atoms with Crippen molar-refractivity contribution in [3.05, 3.63) is 74.6 Å². The topological polar surface area (TPSA) is 125 Å². The second-order valence-electron chi connectivity index (χ2n) is 7.32. The molecule has 7 heteroatoms. The quantitative estimate of drug-likeness (QED) is 0.661. The minimum absolute atomic E-state index is 0.0480. The smallest absolute Gasteiger partial charge is 0.268 e. The molecular formula is C24H20N4O3. The van der Waals surface area contributed by atoms with E-state index in [1.54, 1.807) is 25.3 Å². The molecule has 0 atom stereocenters. The largest absolute Gasteiger partial charge is 0.496 e. The van der Waals surface area contributed by atoms with Gasteiger partial charge < -0.3 is 20.2 Å². The van der Waals surface area contributed by atoms with E-state index < -0.39 is 5.56 Å². The molecule has 0 saturated heterocycles. The van der Waals surface area contributed by atoms with E-state index in [4.69, 9.17) is 15.2 Å². The van der Waals surface area contributed by atoms with Crippen molar-refractivity contribution in [1.82, 2.24) is 4.98 Å². The van der Waals surface area contributed by atoms with E-state index in [9.17, 15) is 15.3 Å². The second kappa shape index (κ2) is 8.25. The highest BCUT2D eigenvalue weighted by Crippen LogP contribution is 2.33. The highest BCUT2D eigenvalue weighted by molar-refractivity contribution is 5.80. The molecule has 154 valence electrons. The Morgan fingerprint density at radius 2 is 1.84 bits per heavy atom. The monoisotopic (exact) mass is 412 g/mol. The predicted molar refractivity (Wildman–Crippen MR) is 116 cm³/mol. The molecule has 4 rings (SSSR count). The van der Waals surface area contributed by atoms with Crippen molar-refractivity contribution in [2.75, 3.05) is 12.8 Å². The Bertz CT molecular complexity index is 1310. The molecule has 31 heavy (non-hydrogen) atoms. The normalized spacial score (nSPS) is 12.0. The van der Waals surface area contributed by atoms with Crippen LogP contribution in [0.4, 0.5) is 5.82 Å². The number of benzene rings is 2. The number of nitriles is 2. The SMILES string of the molecule is COc1ccc(-c2c(C#N)c(N)[nH]c(=O)c2C#N)cc1COc1ccc2c(c1)CCC2. The van der Waals surface area contributed by atoms with Crippen molar-refractivity contribution in [3.8, 4) is 34.8 Å². The van der Waals surface area contributed by atoms with E-state index >= 15 is 0 Å². The number of methoxy groups -OCH3 is 1. The molecule has 0 unspecified atom stereocenters. The second-order valence-corrected chi connectivity index (χ2v) is 7.32. The first-order chi connectivity index (χ1) is 15.0. The van der Waals surface area contributed by atoms with Crippen LogP contribution in [-0.2, 0) is 19.4 Å². The number of pyridine rings is 1. The molecule has 2 aromatic carbocycles. The lowest BCUT2D eigenvalue weighted by atomic mass is 9.95. The van der Waals surface area contributed by atoms with Gasteiger partial charge in [-0.15, -0.1) is 0 Å². The van der Waals surface area contributed by atoms with E-state index in [1.165, 1.54) is 11.1 Å². The summed E-state index contributed by atoms with van der Waals surface area (Å²) in [5, 5.41) is 19.1. The first-order valence-electron chi connectivity index (χ1n) is 9.83. The van der Waals surface area contributed by atoms with Crippen molar-refractivity contribution in [3.63, 3.8) is 0 Å². The summed E-state index contributed by atoms with van der Waals surface area (Å²) in [6.07, 6.45) is 3.33. The third-order valence-corrected chi connectivity index (χ3v) is 5.50. The molecule has 0 radical (unpaired) electrons. The summed E-state index contributed by atoms with van der Waals surface area (Å²) >= 11 is 0. The first kappa shape index (κ1) is 20.1. The molecule has 0 fully saturated rings. The number of rotatable bonds is 5. The molecule has 1 heterocycles. The van der Waals surface area contributed by atoms with E-state index in [1.807, 2.05) is 18.2 Å². The lowest BCUT2D eigenvalue weighted by molar-refractivity contribution is 0.296. The zero-order valence-corrected chi connectivity index (χ0v) is 17.0. The number of nitrogens with two attached hydrogens (primary N) is 1. The maximum atomic E-state index is 12.2. The third-order valence-electron chi connectivity index (χ3n) is 5.50. The molecule has 3 aromatic rings. The number of nitrogens with one attached hydrogen (secondary N) is 1. The van der Waals surface area contributed by atoms with Gasteiger partial charge in [0.15, 0.2) is 0 Å². The minimum Gasteiger partial charge on any atom is -0.496 e. The van der Waals surface area contributed by atoms with Gasteiger partial charge in [0, 0.05) is 11.1 Å². The zero-order chi connectivity index (χ0) is 22.0. The average molecular weight is 412 g/mol. The number of nitrogen functional groups attached to an aromatic ring is 1. The molecule has 0 bridgehead atoms. The van der Waals surface area contributed by atoms with Crippen LogP contribution in [0.1, 0.15) is 34.2 Å². The lowest BCUT2D eigenvalue weighted by Crippen LogP contribution is -2.16. The molecule has 0 saturated carbocycles. The van der Waals surface area contributed by atoms with E-state index in [-0.39, 0.29) is 29.1 Å². The van der Waals surface area contributed by atoms with Crippen LogP contribution in [0.2, 0.25) is 0 Å². The number of anilines is 1. The van der Waals surface area contributed by atoms with Gasteiger partial charge in [-0.2, -0.15) is 10.5 Å². The molecule has 1 aromatic heterocycles. The average Bonchev–Trinajstić information content (AvgIpc) is 3.25. The van der Waals surface area contributed by atoms with Gasteiger partial charge in [0.05, 0.1) is 7.11 Å². The maximum Gasteiger partial charge on any atom is 0.268 e. The highest BCUT2D eigenvalue weighted by atomic mass is 16.5. The van der Waals surface area contributed by atoms with Crippen molar-refractivity contribution in [2.24, 2.45) is 0 Å². The third kappa shape index (κ3) is 3.70. The fourth-order valence-corrected chi connectivity index (χ4v) is 3.98. The fraction of sp³-hybridized carbons (Fsp3) is 0.208. The first-order valence-corrected chi connectivity index (χ1v) is 9.83. The maximum absolute atomic E-state index is 12.2. The van der Waals surface area contributed by atoms with Gasteiger partial charge in [0.2, 0.25) is 0 Å². The molecule has 7 nitrogen and oxygen atoms in total. The van der Waals surface area contributed by atoms with Gasteiger partial charge >= 0.3 is 0 Å². The van der Waals surface area contributed by atoms with E-state index in [0.29, 0.717) is 16.9 Å². The number of ether oxygens (including phenoxy) is 2. The summed E-state index contributed by atoms with van der Waals surface area (Å²) in [6.45, 7) is 0.220. The van der Waals surface area contributed by atoms with Crippen LogP contribution in [0.15, 0.2) is 41.2 Å². The van der Waals surface area contributed by atoms with Crippen molar-refractivity contribution in [1.29, 1.82) is 10.5 Å². The van der Waals surface area contributed by atoms with Gasteiger partial charge in [0.25, 0.3) is 5.56 Å². The van der Waals surface area contributed by atoms with Gasteiger partial charge in [-0.05, 0) is 60.2 Å². The number of aromatic nitrogens is 1. The van der Waals surface area contributed by atoms with Crippen LogP contribution >= 0.6 is 0 Å². The Kier molecular flexibility index (Phi) is 5.34. The Balaban J connectivity index is 1.73. The molecule has 0 amide bonds. The van der Waals surface area contributed by atoms with E-state index in [2.05, 4.69) is 17.1 Å². The molecule has 3 N–H and O–H groups in total. The van der Waals surface area contributed by atoms with Crippen LogP contribution < -0.4 is 20.8 Å². The minimum atomic E-state index is -0.638. The summed E-state index contributed by atoms with van der Waals surface area (Å²) in [7, 11) is 1.56. The summed E-state index contributed by atoms with van der Waals surface area (Å²) in [6, 6.07) is 15.2. The molecular weight excluding hydrogens is 392 g/mol. The van der Waals surface area contributed by atoms with Gasteiger partial charge in [0.1, 0.15) is 47.2 Å². The zero-order valence-electron chi connectivity index (χ0n) is 17.0. The number of nitrogens with zero attached hydrogens (tertiary/aromatic N) is 2. The number of H-pyrrole nitrogens is 1. The van der Waals surface area contributed by atoms with E-state index in [0.717, 1.165) is 25.0 Å². The number of aromatic amines is 1. The highest BCUT2D eigenvalue weighted by Gasteiger charge is 2.19. The lowest BCUT2D eigenvalue weighted by Gasteiger charge is -2.14. The van der Waals surface area contributed by atoms with Crippen molar-refractivity contribution >= 4 is 5.82 Å². The number of hydrogen-bond acceptors (Lipinski definition) is 6. The standard InChI is InChI=1S/C24H20N4O3/c1-30-21-8-6-16(22-19(11-25)23(27)28-24(29)20(22)12-26)9-17(21)13-31-18-7-5-14-3-2-4-15(14)10-18/h5-10H,2-4,13H2,1H3,(H3,27,28,29). The number of hydrogen-bond donors (Lipinski definition) is 2. The summed E-state index contributed by atoms with van der Waals surface area (Å²) < 4.78 is 11.5. The summed E-state index contributed by atoms with van der Waals surface area (Å²) in [5.41, 5.74) is 9.19. The molecule has 0 spiro atoms. The van der Waals surface area contributed by atoms with Crippen LogP contribution in [0.5, 0.6) is 11.5 Å². The number of fused-ring (bicyclic) bond motifs is 1. The van der Waals surface area contributed by atoms with Crippen molar-refractivity contribution < 1.29 is 9.47 Å². The van der Waals surface area contributed by atoms with Gasteiger partial charge in [-0.1, -0.05) is 12.1 Å². The van der Waals surface area contributed by atoms with Crippen LogP contribution in [-0.4, -0.2) is 12.1 Å². The Morgan fingerprint density at radius 1 is 1.06 bits per heavy atom.